The van der Waals surface area contributed by atoms with Gasteiger partial charge < -0.3 is 9.84 Å². The van der Waals surface area contributed by atoms with Gasteiger partial charge in [-0.2, -0.15) is 0 Å². The van der Waals surface area contributed by atoms with Gasteiger partial charge in [0, 0.05) is 22.4 Å². The fourth-order valence-corrected chi connectivity index (χ4v) is 4.59. The molecule has 0 aliphatic rings. The minimum atomic E-state index is -0.237. The van der Waals surface area contributed by atoms with Crippen LogP contribution in [-0.2, 0) is 17.0 Å². The lowest BCUT2D eigenvalue weighted by Gasteiger charge is -2.00. The first kappa shape index (κ1) is 19.6. The number of nitrogens with one attached hydrogen (secondary N) is 1. The first-order valence-corrected chi connectivity index (χ1v) is 10.9. The molecule has 0 aliphatic carbocycles. The monoisotopic (exact) mass is 442 g/mol. The highest BCUT2D eigenvalue weighted by Gasteiger charge is 2.13. The number of benzene rings is 2. The number of carbonyl (C=O) groups excluding carboxylic acids is 1. The lowest BCUT2D eigenvalue weighted by Crippen LogP contribution is -2.13. The molecule has 9 heteroatoms. The molecule has 2 heterocycles. The molecule has 0 atom stereocenters. The van der Waals surface area contributed by atoms with Crippen molar-refractivity contribution in [3.63, 3.8) is 0 Å². The zero-order chi connectivity index (χ0) is 20.1. The summed E-state index contributed by atoms with van der Waals surface area (Å²) in [5, 5.41) is 16.1. The largest absolute Gasteiger partial charge is 0.360 e. The summed E-state index contributed by atoms with van der Waals surface area (Å²) in [6.45, 7) is 0. The van der Waals surface area contributed by atoms with Gasteiger partial charge in [0.05, 0.1) is 6.42 Å². The molecule has 4 aromatic rings. The molecule has 4 rings (SSSR count). The maximum Gasteiger partial charge on any atom is 0.233 e. The van der Waals surface area contributed by atoms with Crippen molar-refractivity contribution in [1.82, 2.24) is 15.4 Å². The van der Waals surface area contributed by atoms with Crippen LogP contribution in [0, 0.1) is 0 Å². The van der Waals surface area contributed by atoms with E-state index in [-0.39, 0.29) is 12.3 Å². The van der Waals surface area contributed by atoms with E-state index < -0.39 is 0 Å². The van der Waals surface area contributed by atoms with Crippen molar-refractivity contribution in [2.24, 2.45) is 0 Å². The number of anilines is 1. The van der Waals surface area contributed by atoms with Gasteiger partial charge in [-0.1, -0.05) is 88.4 Å². The Morgan fingerprint density at radius 2 is 1.90 bits per heavy atom. The summed E-state index contributed by atoms with van der Waals surface area (Å²) in [6, 6.07) is 19.1. The molecule has 146 valence electrons. The number of amides is 1. The first-order valence-electron chi connectivity index (χ1n) is 8.68. The molecule has 6 nitrogen and oxygen atoms in total. The Morgan fingerprint density at radius 3 is 2.72 bits per heavy atom. The molecule has 0 spiro atoms. The molecule has 0 bridgehead atoms. The Morgan fingerprint density at radius 1 is 1.10 bits per heavy atom. The lowest BCUT2D eigenvalue weighted by molar-refractivity contribution is -0.115. The summed E-state index contributed by atoms with van der Waals surface area (Å²) >= 11 is 9.01. The number of hydrogen-bond acceptors (Lipinski definition) is 7. The molecule has 29 heavy (non-hydrogen) atoms. The van der Waals surface area contributed by atoms with E-state index >= 15 is 0 Å². The van der Waals surface area contributed by atoms with Crippen LogP contribution >= 0.6 is 34.7 Å². The molecule has 2 aromatic carbocycles. The normalized spacial score (nSPS) is 10.8. The van der Waals surface area contributed by atoms with Crippen LogP contribution in [0.5, 0.6) is 0 Å². The van der Waals surface area contributed by atoms with Crippen LogP contribution in [0.15, 0.2) is 69.5 Å². The summed E-state index contributed by atoms with van der Waals surface area (Å²) in [4.78, 5) is 12.3. The van der Waals surface area contributed by atoms with Gasteiger partial charge in [0.2, 0.25) is 11.0 Å². The van der Waals surface area contributed by atoms with E-state index in [2.05, 4.69) is 20.7 Å². The quantitative estimate of drug-likeness (QED) is 0.308. The summed E-state index contributed by atoms with van der Waals surface area (Å²) in [5.74, 6) is 0.932. The van der Waals surface area contributed by atoms with E-state index in [0.717, 1.165) is 20.5 Å². The van der Waals surface area contributed by atoms with E-state index in [0.29, 0.717) is 22.3 Å². The SMILES string of the molecule is O=C(Cc1cc(-c2ccccc2)no1)Nc1nnc(SCc2ccccc2Cl)s1. The van der Waals surface area contributed by atoms with Crippen LogP contribution in [0.1, 0.15) is 11.3 Å². The van der Waals surface area contributed by atoms with Crippen LogP contribution in [0.25, 0.3) is 11.3 Å². The van der Waals surface area contributed by atoms with Crippen LogP contribution in [0.4, 0.5) is 5.13 Å². The van der Waals surface area contributed by atoms with Crippen molar-refractivity contribution in [3.8, 4) is 11.3 Å². The Bertz CT molecular complexity index is 1110. The Labute approximate surface area is 180 Å². The van der Waals surface area contributed by atoms with Gasteiger partial charge in [-0.15, -0.1) is 10.2 Å². The van der Waals surface area contributed by atoms with Crippen LogP contribution in [0.3, 0.4) is 0 Å². The van der Waals surface area contributed by atoms with E-state index in [4.69, 9.17) is 16.1 Å². The third kappa shape index (κ3) is 5.23. The number of thioether (sulfide) groups is 1. The third-order valence-electron chi connectivity index (χ3n) is 3.93. The van der Waals surface area contributed by atoms with Crippen molar-refractivity contribution in [1.29, 1.82) is 0 Å². The van der Waals surface area contributed by atoms with Gasteiger partial charge in [-0.05, 0) is 11.6 Å². The van der Waals surface area contributed by atoms with E-state index in [1.165, 1.54) is 23.1 Å². The van der Waals surface area contributed by atoms with Crippen molar-refractivity contribution in [2.75, 3.05) is 5.32 Å². The second-order valence-corrected chi connectivity index (χ2v) is 8.63. The molecule has 2 aromatic heterocycles. The number of aromatic nitrogens is 3. The molecule has 0 unspecified atom stereocenters. The second kappa shape index (κ2) is 9.21. The highest BCUT2D eigenvalue weighted by Crippen LogP contribution is 2.30. The van der Waals surface area contributed by atoms with E-state index in [1.807, 2.05) is 54.6 Å². The van der Waals surface area contributed by atoms with Crippen LogP contribution < -0.4 is 5.32 Å². The second-order valence-electron chi connectivity index (χ2n) is 6.02. The number of halogens is 1. The van der Waals surface area contributed by atoms with Gasteiger partial charge in [0.15, 0.2) is 4.34 Å². The smallest absolute Gasteiger partial charge is 0.233 e. The predicted octanol–water partition coefficient (Wildman–Crippen LogP) is 5.32. The number of nitrogens with zero attached hydrogens (tertiary/aromatic N) is 3. The zero-order valence-corrected chi connectivity index (χ0v) is 17.4. The fraction of sp³-hybridized carbons (Fsp3) is 0.100. The summed E-state index contributed by atoms with van der Waals surface area (Å²) in [6.07, 6.45) is 0.0709. The first-order chi connectivity index (χ1) is 14.2. The number of carbonyl (C=O) groups is 1. The average molecular weight is 443 g/mol. The van der Waals surface area contributed by atoms with Crippen molar-refractivity contribution < 1.29 is 9.32 Å². The molecule has 0 saturated carbocycles. The molecule has 1 amide bonds. The lowest BCUT2D eigenvalue weighted by atomic mass is 10.1. The van der Waals surface area contributed by atoms with Crippen molar-refractivity contribution in [3.05, 3.63) is 77.0 Å². The predicted molar refractivity (Wildman–Crippen MR) is 115 cm³/mol. The van der Waals surface area contributed by atoms with Crippen molar-refractivity contribution in [2.45, 2.75) is 16.5 Å². The average Bonchev–Trinajstić information content (AvgIpc) is 3.37. The molecule has 0 aliphatic heterocycles. The minimum Gasteiger partial charge on any atom is -0.360 e. The minimum absolute atomic E-state index is 0.0709. The molecular formula is C20H15ClN4O2S2. The van der Waals surface area contributed by atoms with Crippen LogP contribution in [-0.4, -0.2) is 21.3 Å². The molecule has 0 fully saturated rings. The maximum atomic E-state index is 12.3. The van der Waals surface area contributed by atoms with Crippen molar-refractivity contribution >= 4 is 45.7 Å². The fourth-order valence-electron chi connectivity index (χ4n) is 2.54. The van der Waals surface area contributed by atoms with Gasteiger partial charge in [-0.25, -0.2) is 0 Å². The number of rotatable bonds is 7. The Balaban J connectivity index is 1.31. The highest BCUT2D eigenvalue weighted by molar-refractivity contribution is 8.00. The molecule has 0 saturated heterocycles. The molecular weight excluding hydrogens is 428 g/mol. The zero-order valence-electron chi connectivity index (χ0n) is 15.0. The van der Waals surface area contributed by atoms with Gasteiger partial charge in [0.1, 0.15) is 11.5 Å². The number of hydrogen-bond donors (Lipinski definition) is 1. The maximum absolute atomic E-state index is 12.3. The summed E-state index contributed by atoms with van der Waals surface area (Å²) in [7, 11) is 0. The Kier molecular flexibility index (Phi) is 6.24. The standard InChI is InChI=1S/C20H15ClN4O2S2/c21-16-9-5-4-8-14(16)12-28-20-24-23-19(29-20)22-18(26)11-15-10-17(25-27-15)13-6-2-1-3-7-13/h1-10H,11-12H2,(H,22,23,26). The van der Waals surface area contributed by atoms with Gasteiger partial charge in [0.25, 0.3) is 0 Å². The molecule has 1 N–H and O–H groups in total. The molecule has 0 radical (unpaired) electrons. The third-order valence-corrected chi connectivity index (χ3v) is 6.31. The highest BCUT2D eigenvalue weighted by atomic mass is 35.5. The van der Waals surface area contributed by atoms with E-state index in [1.54, 1.807) is 6.07 Å². The van der Waals surface area contributed by atoms with Gasteiger partial charge >= 0.3 is 0 Å². The van der Waals surface area contributed by atoms with Crippen LogP contribution in [0.2, 0.25) is 5.02 Å². The van der Waals surface area contributed by atoms with E-state index in [9.17, 15) is 4.79 Å². The topological polar surface area (TPSA) is 80.9 Å². The Hall–Kier alpha value is -2.68. The van der Waals surface area contributed by atoms with Gasteiger partial charge in [-0.3, -0.25) is 4.79 Å². The summed E-state index contributed by atoms with van der Waals surface area (Å²) in [5.41, 5.74) is 2.66. The summed E-state index contributed by atoms with van der Waals surface area (Å²) < 4.78 is 6.03.